The van der Waals surface area contributed by atoms with Crippen molar-refractivity contribution in [1.29, 1.82) is 0 Å². The summed E-state index contributed by atoms with van der Waals surface area (Å²) in [7, 11) is 1.62. The van der Waals surface area contributed by atoms with E-state index in [0.717, 1.165) is 10.0 Å². The Balaban J connectivity index is 2.77. The quantitative estimate of drug-likeness (QED) is 0.839. The number of ether oxygens (including phenoxy) is 2. The summed E-state index contributed by atoms with van der Waals surface area (Å²) in [5.74, 6) is 0.691. The maximum atomic E-state index is 9.53. The zero-order chi connectivity index (χ0) is 11.3. The second-order valence-electron chi connectivity index (χ2n) is 3.20. The summed E-state index contributed by atoms with van der Waals surface area (Å²) in [4.78, 5) is 0. The predicted octanol–water partition coefficient (Wildman–Crippen LogP) is 2.53. The average Bonchev–Trinajstić information content (AvgIpc) is 2.18. The van der Waals surface area contributed by atoms with E-state index < -0.39 is 6.10 Å². The molecule has 0 aliphatic rings. The third-order valence-corrected chi connectivity index (χ3v) is 2.46. The van der Waals surface area contributed by atoms with Gasteiger partial charge in [-0.25, -0.2) is 0 Å². The number of hydrogen-bond donors (Lipinski definition) is 1. The minimum absolute atomic E-state index is 0.479. The monoisotopic (exact) mass is 274 g/mol. The van der Waals surface area contributed by atoms with E-state index in [-0.39, 0.29) is 0 Å². The van der Waals surface area contributed by atoms with Crippen LogP contribution < -0.4 is 4.74 Å². The second-order valence-corrected chi connectivity index (χ2v) is 4.12. The largest absolute Gasteiger partial charge is 0.491 e. The molecule has 0 aliphatic heterocycles. The Bertz CT molecular complexity index is 313. The topological polar surface area (TPSA) is 38.7 Å². The second kappa shape index (κ2) is 6.10. The van der Waals surface area contributed by atoms with Crippen molar-refractivity contribution >= 4 is 15.9 Å². The van der Waals surface area contributed by atoms with E-state index in [1.165, 1.54) is 0 Å². The van der Waals surface area contributed by atoms with E-state index in [2.05, 4.69) is 15.9 Å². The van der Waals surface area contributed by atoms with Gasteiger partial charge in [-0.3, -0.25) is 0 Å². The first kappa shape index (κ1) is 12.5. The standard InChI is InChI=1S/C11H15BrO3/c1-8(13)10-4-3-9(12)7-11(10)15-6-5-14-2/h3-4,7-8,13H,5-6H2,1-2H3/t8-/m1/s1. The van der Waals surface area contributed by atoms with Crippen LogP contribution in [0.25, 0.3) is 0 Å². The molecule has 0 heterocycles. The zero-order valence-electron chi connectivity index (χ0n) is 8.87. The third-order valence-electron chi connectivity index (χ3n) is 1.97. The van der Waals surface area contributed by atoms with Crippen LogP contribution in [0.15, 0.2) is 22.7 Å². The highest BCUT2D eigenvalue weighted by Crippen LogP contribution is 2.28. The molecule has 1 rings (SSSR count). The Morgan fingerprint density at radius 2 is 2.13 bits per heavy atom. The third kappa shape index (κ3) is 3.81. The Labute approximate surface area is 98.1 Å². The van der Waals surface area contributed by atoms with Crippen LogP contribution in [0, 0.1) is 0 Å². The van der Waals surface area contributed by atoms with Crippen LogP contribution >= 0.6 is 15.9 Å². The van der Waals surface area contributed by atoms with Crippen molar-refractivity contribution in [2.75, 3.05) is 20.3 Å². The number of aliphatic hydroxyl groups is 1. The van der Waals surface area contributed by atoms with E-state index in [1.54, 1.807) is 14.0 Å². The molecule has 3 nitrogen and oxygen atoms in total. The molecule has 0 aliphatic carbocycles. The highest BCUT2D eigenvalue weighted by atomic mass is 79.9. The van der Waals surface area contributed by atoms with Gasteiger partial charge in [-0.2, -0.15) is 0 Å². The van der Waals surface area contributed by atoms with Crippen LogP contribution in [-0.4, -0.2) is 25.4 Å². The Morgan fingerprint density at radius 1 is 1.40 bits per heavy atom. The molecule has 0 unspecified atom stereocenters. The molecule has 15 heavy (non-hydrogen) atoms. The molecular formula is C11H15BrO3. The van der Waals surface area contributed by atoms with Gasteiger partial charge in [-0.1, -0.05) is 22.0 Å². The van der Waals surface area contributed by atoms with Gasteiger partial charge in [0.1, 0.15) is 12.4 Å². The summed E-state index contributed by atoms with van der Waals surface area (Å²) in [5.41, 5.74) is 0.786. The van der Waals surface area contributed by atoms with Crippen LogP contribution in [0.4, 0.5) is 0 Å². The van der Waals surface area contributed by atoms with E-state index in [9.17, 15) is 5.11 Å². The molecule has 0 radical (unpaired) electrons. The van der Waals surface area contributed by atoms with E-state index in [4.69, 9.17) is 9.47 Å². The molecule has 1 atom stereocenters. The van der Waals surface area contributed by atoms with Crippen molar-refractivity contribution in [3.05, 3.63) is 28.2 Å². The Hall–Kier alpha value is -0.580. The average molecular weight is 275 g/mol. The molecule has 4 heteroatoms. The number of aliphatic hydroxyl groups excluding tert-OH is 1. The lowest BCUT2D eigenvalue weighted by atomic mass is 10.1. The molecule has 0 aromatic heterocycles. The molecule has 0 fully saturated rings. The van der Waals surface area contributed by atoms with Crippen LogP contribution in [0.5, 0.6) is 5.75 Å². The van der Waals surface area contributed by atoms with Crippen LogP contribution in [0.1, 0.15) is 18.6 Å². The SMILES string of the molecule is COCCOc1cc(Br)ccc1[C@@H](C)O. The molecule has 0 saturated carbocycles. The smallest absolute Gasteiger partial charge is 0.126 e. The molecule has 1 N–H and O–H groups in total. The molecule has 0 amide bonds. The first-order valence-electron chi connectivity index (χ1n) is 4.74. The normalized spacial score (nSPS) is 12.5. The summed E-state index contributed by atoms with van der Waals surface area (Å²) >= 11 is 3.36. The number of benzene rings is 1. The highest BCUT2D eigenvalue weighted by Gasteiger charge is 2.09. The summed E-state index contributed by atoms with van der Waals surface area (Å²) in [6.45, 7) is 2.73. The Morgan fingerprint density at radius 3 is 2.73 bits per heavy atom. The lowest BCUT2D eigenvalue weighted by Crippen LogP contribution is -2.06. The maximum Gasteiger partial charge on any atom is 0.126 e. The van der Waals surface area contributed by atoms with Crippen LogP contribution in [-0.2, 0) is 4.74 Å². The summed E-state index contributed by atoms with van der Waals surface area (Å²) in [6, 6.07) is 5.57. The van der Waals surface area contributed by atoms with Gasteiger partial charge >= 0.3 is 0 Å². The van der Waals surface area contributed by atoms with Gasteiger partial charge in [0.05, 0.1) is 12.7 Å². The van der Waals surface area contributed by atoms with Gasteiger partial charge in [-0.15, -0.1) is 0 Å². The first-order chi connectivity index (χ1) is 7.15. The van der Waals surface area contributed by atoms with Crippen molar-refractivity contribution in [2.45, 2.75) is 13.0 Å². The fourth-order valence-electron chi connectivity index (χ4n) is 1.21. The lowest BCUT2D eigenvalue weighted by molar-refractivity contribution is 0.141. The van der Waals surface area contributed by atoms with Gasteiger partial charge in [0, 0.05) is 17.1 Å². The van der Waals surface area contributed by atoms with Gasteiger partial charge in [0.25, 0.3) is 0 Å². The highest BCUT2D eigenvalue weighted by molar-refractivity contribution is 9.10. The van der Waals surface area contributed by atoms with Gasteiger partial charge in [0.15, 0.2) is 0 Å². The van der Waals surface area contributed by atoms with Crippen molar-refractivity contribution in [1.82, 2.24) is 0 Å². The van der Waals surface area contributed by atoms with Crippen molar-refractivity contribution in [3.63, 3.8) is 0 Å². The molecule has 0 bridgehead atoms. The fraction of sp³-hybridized carbons (Fsp3) is 0.455. The van der Waals surface area contributed by atoms with Gasteiger partial charge in [-0.05, 0) is 19.1 Å². The minimum atomic E-state index is -0.532. The van der Waals surface area contributed by atoms with Crippen LogP contribution in [0.3, 0.4) is 0 Å². The maximum absolute atomic E-state index is 9.53. The molecule has 0 saturated heterocycles. The minimum Gasteiger partial charge on any atom is -0.491 e. The van der Waals surface area contributed by atoms with E-state index in [0.29, 0.717) is 19.0 Å². The molecule has 84 valence electrons. The summed E-state index contributed by atoms with van der Waals surface area (Å²) < 4.78 is 11.3. The number of rotatable bonds is 5. The molecule has 0 spiro atoms. The van der Waals surface area contributed by atoms with Crippen molar-refractivity contribution < 1.29 is 14.6 Å². The lowest BCUT2D eigenvalue weighted by Gasteiger charge is -2.13. The number of methoxy groups -OCH3 is 1. The zero-order valence-corrected chi connectivity index (χ0v) is 10.5. The number of hydrogen-bond acceptors (Lipinski definition) is 3. The van der Waals surface area contributed by atoms with Gasteiger partial charge in [0.2, 0.25) is 0 Å². The molecular weight excluding hydrogens is 260 g/mol. The van der Waals surface area contributed by atoms with E-state index in [1.807, 2.05) is 18.2 Å². The summed E-state index contributed by atoms with van der Waals surface area (Å²) in [6.07, 6.45) is -0.532. The van der Waals surface area contributed by atoms with Crippen LogP contribution in [0.2, 0.25) is 0 Å². The Kier molecular flexibility index (Phi) is 5.08. The van der Waals surface area contributed by atoms with Crippen molar-refractivity contribution in [3.8, 4) is 5.75 Å². The van der Waals surface area contributed by atoms with Crippen molar-refractivity contribution in [2.24, 2.45) is 0 Å². The summed E-state index contributed by atoms with van der Waals surface area (Å²) in [5, 5.41) is 9.53. The predicted molar refractivity (Wildman–Crippen MR) is 62.1 cm³/mol. The molecule has 1 aromatic rings. The van der Waals surface area contributed by atoms with E-state index >= 15 is 0 Å². The fourth-order valence-corrected chi connectivity index (χ4v) is 1.55. The first-order valence-corrected chi connectivity index (χ1v) is 5.53. The van der Waals surface area contributed by atoms with Gasteiger partial charge < -0.3 is 14.6 Å². The molecule has 1 aromatic carbocycles. The number of halogens is 1.